The molecule has 0 saturated carbocycles. The molecule has 19 heavy (non-hydrogen) atoms. The van der Waals surface area contributed by atoms with Gasteiger partial charge in [0.25, 0.3) is 0 Å². The first-order valence-corrected chi connectivity index (χ1v) is 6.12. The lowest BCUT2D eigenvalue weighted by Crippen LogP contribution is -3.00. The van der Waals surface area contributed by atoms with Gasteiger partial charge < -0.3 is 27.7 Å². The largest absolute Gasteiger partial charge is 1.00 e. The predicted octanol–water partition coefficient (Wildman–Crippen LogP) is -0.716. The molecule has 1 aromatic carbocycles. The van der Waals surface area contributed by atoms with E-state index in [1.165, 1.54) is 16.5 Å². The topological polar surface area (TPSA) is 45.7 Å². The highest BCUT2D eigenvalue weighted by Crippen LogP contribution is 2.17. The molecule has 0 amide bonds. The Balaban J connectivity index is 0.00000133. The van der Waals surface area contributed by atoms with Crippen LogP contribution >= 0.6 is 0 Å². The maximum absolute atomic E-state index is 5.77. The van der Waals surface area contributed by atoms with Gasteiger partial charge in [0.05, 0.1) is 5.69 Å². The van der Waals surface area contributed by atoms with Crippen molar-refractivity contribution in [3.63, 3.8) is 0 Å². The average Bonchev–Trinajstić information content (AvgIpc) is 2.80. The van der Waals surface area contributed by atoms with E-state index in [1.54, 1.807) is 0 Å². The predicted molar refractivity (Wildman–Crippen MR) is 73.1 cm³/mol. The lowest BCUT2D eigenvalue weighted by molar-refractivity contribution is -0.695. The van der Waals surface area contributed by atoms with E-state index in [4.69, 9.17) is 5.73 Å². The lowest BCUT2D eigenvalue weighted by Gasteiger charge is -1.98. The molecule has 0 radical (unpaired) electrons. The van der Waals surface area contributed by atoms with Crippen LogP contribution in [0.4, 0.5) is 5.69 Å². The summed E-state index contributed by atoms with van der Waals surface area (Å²) in [6, 6.07) is 12.3. The lowest BCUT2D eigenvalue weighted by atomic mass is 10.1. The van der Waals surface area contributed by atoms with Crippen molar-refractivity contribution in [3.05, 3.63) is 60.6 Å². The Morgan fingerprint density at radius 1 is 1.11 bits per heavy atom. The molecule has 0 bridgehead atoms. The number of para-hydroxylation sites is 1. The summed E-state index contributed by atoms with van der Waals surface area (Å²) in [6.45, 7) is 0.937. The van der Waals surface area contributed by atoms with E-state index in [-0.39, 0.29) is 17.0 Å². The zero-order valence-electron chi connectivity index (χ0n) is 10.5. The van der Waals surface area contributed by atoms with Gasteiger partial charge >= 0.3 is 0 Å². The summed E-state index contributed by atoms with van der Waals surface area (Å²) in [5, 5.41) is 1.31. The molecule has 98 valence electrons. The van der Waals surface area contributed by atoms with E-state index >= 15 is 0 Å². The fourth-order valence-corrected chi connectivity index (χ4v) is 2.27. The molecule has 0 fully saturated rings. The number of hydrogen-bond donors (Lipinski definition) is 2. The fraction of sp³-hybridized carbons (Fsp3) is 0.133. The number of rotatable bonds is 3. The third-order valence-electron chi connectivity index (χ3n) is 3.20. The highest BCUT2D eigenvalue weighted by Gasteiger charge is 2.06. The third-order valence-corrected chi connectivity index (χ3v) is 3.20. The van der Waals surface area contributed by atoms with E-state index < -0.39 is 0 Å². The number of nitrogen functional groups attached to an aromatic ring is 1. The van der Waals surface area contributed by atoms with E-state index in [2.05, 4.69) is 40.0 Å². The summed E-state index contributed by atoms with van der Waals surface area (Å²) in [5.41, 5.74) is 9.12. The Bertz CT molecular complexity index is 676. The van der Waals surface area contributed by atoms with Crippen LogP contribution in [0.3, 0.4) is 0 Å². The standard InChI is InChI=1S/C15H16N3.BrH/c16-13-4-3-8-18(11-13)9-7-12-10-17-15-6-2-1-5-14(12)15;/h1-6,8,10-11,17H,7,9,16H2;1H/q+1;/p-1. The second-order valence-electron chi connectivity index (χ2n) is 4.48. The first kappa shape index (κ1) is 13.6. The van der Waals surface area contributed by atoms with Crippen LogP contribution in [0.1, 0.15) is 5.56 Å². The number of nitrogens with zero attached hydrogens (tertiary/aromatic N) is 1. The van der Waals surface area contributed by atoms with Crippen molar-refractivity contribution in [2.75, 3.05) is 5.73 Å². The average molecular weight is 318 g/mol. The van der Waals surface area contributed by atoms with Gasteiger partial charge in [0.2, 0.25) is 0 Å². The van der Waals surface area contributed by atoms with Gasteiger partial charge in [-0.05, 0) is 17.7 Å². The van der Waals surface area contributed by atoms with Crippen molar-refractivity contribution in [1.82, 2.24) is 4.98 Å². The molecule has 3 N–H and O–H groups in total. The summed E-state index contributed by atoms with van der Waals surface area (Å²) in [5.74, 6) is 0. The number of nitrogens with two attached hydrogens (primary N) is 1. The van der Waals surface area contributed by atoms with E-state index in [9.17, 15) is 0 Å². The van der Waals surface area contributed by atoms with E-state index in [0.717, 1.165) is 18.7 Å². The molecule has 3 nitrogen and oxygen atoms in total. The molecule has 0 aliphatic carbocycles. The van der Waals surface area contributed by atoms with Crippen molar-refractivity contribution >= 4 is 16.6 Å². The number of aromatic amines is 1. The number of aryl methyl sites for hydroxylation is 2. The van der Waals surface area contributed by atoms with Crippen LogP contribution in [0, 0.1) is 0 Å². The zero-order valence-corrected chi connectivity index (χ0v) is 12.1. The molecule has 0 unspecified atom stereocenters. The first-order valence-electron chi connectivity index (χ1n) is 6.12. The Hall–Kier alpha value is -1.81. The summed E-state index contributed by atoms with van der Waals surface area (Å²) < 4.78 is 2.12. The van der Waals surface area contributed by atoms with Gasteiger partial charge in [0.15, 0.2) is 18.9 Å². The summed E-state index contributed by atoms with van der Waals surface area (Å²) in [7, 11) is 0. The van der Waals surface area contributed by atoms with Crippen molar-refractivity contribution < 1.29 is 21.5 Å². The van der Waals surface area contributed by atoms with E-state index in [1.807, 2.05) is 24.5 Å². The Morgan fingerprint density at radius 3 is 2.79 bits per heavy atom. The number of fused-ring (bicyclic) bond motifs is 1. The summed E-state index contributed by atoms with van der Waals surface area (Å²) in [6.07, 6.45) is 7.11. The first-order chi connectivity index (χ1) is 8.83. The second kappa shape index (κ2) is 5.89. The number of H-pyrrole nitrogens is 1. The van der Waals surface area contributed by atoms with Gasteiger partial charge in [0.1, 0.15) is 0 Å². The smallest absolute Gasteiger partial charge is 0.191 e. The van der Waals surface area contributed by atoms with Gasteiger partial charge in [-0.15, -0.1) is 0 Å². The van der Waals surface area contributed by atoms with Crippen molar-refractivity contribution in [2.45, 2.75) is 13.0 Å². The molecule has 3 rings (SSSR count). The molecule has 3 aromatic rings. The van der Waals surface area contributed by atoms with Crippen molar-refractivity contribution in [1.29, 1.82) is 0 Å². The van der Waals surface area contributed by atoms with Gasteiger partial charge in [-0.25, -0.2) is 4.57 Å². The monoisotopic (exact) mass is 317 g/mol. The molecule has 0 atom stereocenters. The maximum atomic E-state index is 5.77. The number of aromatic nitrogens is 2. The SMILES string of the molecule is Nc1ccc[n+](CCc2c[nH]c3ccccc23)c1.[Br-]. The van der Waals surface area contributed by atoms with E-state index in [0.29, 0.717) is 0 Å². The number of pyridine rings is 1. The maximum Gasteiger partial charge on any atom is 0.191 e. The number of benzene rings is 1. The van der Waals surface area contributed by atoms with Crippen molar-refractivity contribution in [2.24, 2.45) is 0 Å². The van der Waals surface area contributed by atoms with Crippen molar-refractivity contribution in [3.8, 4) is 0 Å². The molecule has 0 spiro atoms. The molecule has 2 heterocycles. The van der Waals surface area contributed by atoms with Gasteiger partial charge in [-0.1, -0.05) is 18.2 Å². The van der Waals surface area contributed by atoms with Gasteiger partial charge in [-0.3, -0.25) is 0 Å². The van der Waals surface area contributed by atoms with Gasteiger partial charge in [0, 0.05) is 29.6 Å². The van der Waals surface area contributed by atoms with Crippen LogP contribution in [0.25, 0.3) is 10.9 Å². The minimum Gasteiger partial charge on any atom is -1.00 e. The molecule has 0 saturated heterocycles. The molecular weight excluding hydrogens is 302 g/mol. The van der Waals surface area contributed by atoms with Crippen LogP contribution in [-0.4, -0.2) is 4.98 Å². The Labute approximate surface area is 122 Å². The molecule has 4 heteroatoms. The van der Waals surface area contributed by atoms with Crippen LogP contribution in [0.15, 0.2) is 55.0 Å². The van der Waals surface area contributed by atoms with Gasteiger partial charge in [-0.2, -0.15) is 0 Å². The van der Waals surface area contributed by atoms with Crippen LogP contribution in [0.2, 0.25) is 0 Å². The molecule has 2 aromatic heterocycles. The number of nitrogens with one attached hydrogen (secondary N) is 1. The minimum atomic E-state index is 0. The highest BCUT2D eigenvalue weighted by molar-refractivity contribution is 5.82. The zero-order chi connectivity index (χ0) is 12.4. The normalized spacial score (nSPS) is 10.3. The molecule has 0 aliphatic heterocycles. The summed E-state index contributed by atoms with van der Waals surface area (Å²) in [4.78, 5) is 3.30. The number of halogens is 1. The van der Waals surface area contributed by atoms with Crippen LogP contribution in [0.5, 0.6) is 0 Å². The summed E-state index contributed by atoms with van der Waals surface area (Å²) >= 11 is 0. The Morgan fingerprint density at radius 2 is 1.95 bits per heavy atom. The third kappa shape index (κ3) is 2.96. The quantitative estimate of drug-likeness (QED) is 0.616. The number of anilines is 1. The number of hydrogen-bond acceptors (Lipinski definition) is 1. The van der Waals surface area contributed by atoms with Crippen LogP contribution < -0.4 is 27.3 Å². The van der Waals surface area contributed by atoms with Crippen LogP contribution in [-0.2, 0) is 13.0 Å². The molecular formula is C15H16BrN3. The molecule has 0 aliphatic rings. The fourth-order valence-electron chi connectivity index (χ4n) is 2.27. The minimum absolute atomic E-state index is 0. The Kier molecular flexibility index (Phi) is 4.22. The highest BCUT2D eigenvalue weighted by atomic mass is 79.9. The second-order valence-corrected chi connectivity index (χ2v) is 4.48.